The maximum Gasteiger partial charge on any atom is 0.143 e. The van der Waals surface area contributed by atoms with Crippen molar-refractivity contribution in [1.82, 2.24) is 10.1 Å². The van der Waals surface area contributed by atoms with Gasteiger partial charge in [-0.05, 0) is 36.5 Å². The number of hydrogen-bond acceptors (Lipinski definition) is 5. The van der Waals surface area contributed by atoms with Crippen molar-refractivity contribution in [1.29, 1.82) is 0 Å². The fourth-order valence-electron chi connectivity index (χ4n) is 3.59. The highest BCUT2D eigenvalue weighted by molar-refractivity contribution is 7.99. The first-order valence-electron chi connectivity index (χ1n) is 8.29. The number of ether oxygens (including phenoxy) is 1. The van der Waals surface area contributed by atoms with E-state index in [-0.39, 0.29) is 0 Å². The number of rotatable bonds is 3. The van der Waals surface area contributed by atoms with Crippen molar-refractivity contribution in [3.05, 3.63) is 35.6 Å². The van der Waals surface area contributed by atoms with Gasteiger partial charge in [0.2, 0.25) is 0 Å². The van der Waals surface area contributed by atoms with Crippen molar-refractivity contribution < 1.29 is 9.26 Å². The van der Waals surface area contributed by atoms with Gasteiger partial charge < -0.3 is 9.26 Å². The van der Waals surface area contributed by atoms with E-state index in [1.165, 1.54) is 29.9 Å². The molecule has 23 heavy (non-hydrogen) atoms. The summed E-state index contributed by atoms with van der Waals surface area (Å²) in [6, 6.07) is 8.80. The summed E-state index contributed by atoms with van der Waals surface area (Å²) in [7, 11) is 1.69. The lowest BCUT2D eigenvalue weighted by Gasteiger charge is -2.36. The molecule has 1 aromatic heterocycles. The second-order valence-electron chi connectivity index (χ2n) is 6.23. The van der Waals surface area contributed by atoms with E-state index in [0.29, 0.717) is 0 Å². The monoisotopic (exact) mass is 330 g/mol. The van der Waals surface area contributed by atoms with Crippen molar-refractivity contribution >= 4 is 11.8 Å². The number of benzene rings is 1. The molecule has 0 aliphatic carbocycles. The summed E-state index contributed by atoms with van der Waals surface area (Å²) in [5.74, 6) is 4.50. The van der Waals surface area contributed by atoms with Gasteiger partial charge in [0, 0.05) is 36.7 Å². The Balaban J connectivity index is 1.61. The Labute approximate surface area is 141 Å². The first kappa shape index (κ1) is 15.1. The van der Waals surface area contributed by atoms with Crippen LogP contribution in [0, 0.1) is 0 Å². The Hall–Kier alpha value is -1.46. The predicted octanol–water partition coefficient (Wildman–Crippen LogP) is 3.60. The minimum Gasteiger partial charge on any atom is -0.497 e. The van der Waals surface area contributed by atoms with Crippen LogP contribution >= 0.6 is 11.8 Å². The minimum atomic E-state index is 0.720. The Bertz CT molecular complexity index is 679. The Morgan fingerprint density at radius 1 is 1.30 bits per heavy atom. The van der Waals surface area contributed by atoms with Crippen molar-refractivity contribution in [2.24, 2.45) is 0 Å². The van der Waals surface area contributed by atoms with Gasteiger partial charge in [0.1, 0.15) is 17.2 Å². The van der Waals surface area contributed by atoms with Gasteiger partial charge in [0.05, 0.1) is 7.11 Å². The molecule has 0 amide bonds. The predicted molar refractivity (Wildman–Crippen MR) is 93.0 cm³/mol. The van der Waals surface area contributed by atoms with Crippen molar-refractivity contribution in [2.75, 3.05) is 25.2 Å². The molecule has 5 heteroatoms. The molecule has 0 radical (unpaired) electrons. The minimum absolute atomic E-state index is 0.720. The van der Waals surface area contributed by atoms with Crippen molar-refractivity contribution in [3.8, 4) is 17.0 Å². The van der Waals surface area contributed by atoms with E-state index in [4.69, 9.17) is 9.26 Å². The van der Waals surface area contributed by atoms with Gasteiger partial charge in [-0.2, -0.15) is 11.8 Å². The van der Waals surface area contributed by atoms with E-state index >= 15 is 0 Å². The maximum atomic E-state index is 5.63. The summed E-state index contributed by atoms with van der Waals surface area (Å²) in [6.45, 7) is 2.05. The number of aromatic nitrogens is 1. The van der Waals surface area contributed by atoms with Crippen LogP contribution in [-0.4, -0.2) is 41.3 Å². The molecular formula is C18H22N2O2S. The molecule has 1 fully saturated rings. The van der Waals surface area contributed by atoms with Crippen LogP contribution in [0.1, 0.15) is 24.2 Å². The molecule has 2 aromatic rings. The number of fused-ring (bicyclic) bond motifs is 1. The molecule has 0 bridgehead atoms. The number of methoxy groups -OCH3 is 1. The molecule has 3 heterocycles. The van der Waals surface area contributed by atoms with Crippen LogP contribution in [0.5, 0.6) is 5.75 Å². The van der Waals surface area contributed by atoms with Crippen LogP contribution in [-0.2, 0) is 13.0 Å². The average molecular weight is 330 g/mol. The average Bonchev–Trinajstić information content (AvgIpc) is 3.05. The van der Waals surface area contributed by atoms with Gasteiger partial charge in [0.25, 0.3) is 0 Å². The van der Waals surface area contributed by atoms with E-state index in [0.717, 1.165) is 48.3 Å². The highest BCUT2D eigenvalue weighted by atomic mass is 32.2. The molecule has 122 valence electrons. The molecule has 0 saturated carbocycles. The van der Waals surface area contributed by atoms with E-state index in [1.54, 1.807) is 7.11 Å². The van der Waals surface area contributed by atoms with Gasteiger partial charge in [-0.3, -0.25) is 4.90 Å². The molecule has 0 atom stereocenters. The molecule has 1 aromatic carbocycles. The first-order chi connectivity index (χ1) is 11.3. The van der Waals surface area contributed by atoms with Crippen LogP contribution in [0.15, 0.2) is 28.8 Å². The molecule has 4 rings (SSSR count). The zero-order valence-electron chi connectivity index (χ0n) is 13.5. The first-order valence-corrected chi connectivity index (χ1v) is 9.44. The molecule has 0 spiro atoms. The van der Waals surface area contributed by atoms with Crippen molar-refractivity contribution in [3.63, 3.8) is 0 Å². The standard InChI is InChI=1S/C18H22N2O2S/c1-21-15-4-2-3-13(11-15)18-16-12-20(8-5-17(16)22-19-18)14-6-9-23-10-7-14/h2-4,11,14H,5-10,12H2,1H3. The quantitative estimate of drug-likeness (QED) is 0.860. The van der Waals surface area contributed by atoms with Gasteiger partial charge >= 0.3 is 0 Å². The third-order valence-electron chi connectivity index (χ3n) is 4.91. The van der Waals surface area contributed by atoms with Crippen LogP contribution in [0.3, 0.4) is 0 Å². The third-order valence-corrected chi connectivity index (χ3v) is 5.96. The molecule has 4 nitrogen and oxygen atoms in total. The SMILES string of the molecule is COc1cccc(-c2noc3c2CN(C2CCSCC2)CC3)c1. The summed E-state index contributed by atoms with van der Waals surface area (Å²) in [5.41, 5.74) is 3.33. The van der Waals surface area contributed by atoms with E-state index in [2.05, 4.69) is 27.9 Å². The number of nitrogens with zero attached hydrogens (tertiary/aromatic N) is 2. The van der Waals surface area contributed by atoms with Crippen LogP contribution in [0.25, 0.3) is 11.3 Å². The fraction of sp³-hybridized carbons (Fsp3) is 0.500. The highest BCUT2D eigenvalue weighted by Gasteiger charge is 2.29. The normalized spacial score (nSPS) is 19.5. The Morgan fingerprint density at radius 2 is 2.17 bits per heavy atom. The smallest absolute Gasteiger partial charge is 0.143 e. The molecule has 2 aliphatic rings. The maximum absolute atomic E-state index is 5.63. The molecule has 0 N–H and O–H groups in total. The Kier molecular flexibility index (Phi) is 4.31. The second-order valence-corrected chi connectivity index (χ2v) is 7.45. The summed E-state index contributed by atoms with van der Waals surface area (Å²) >= 11 is 2.08. The van der Waals surface area contributed by atoms with Gasteiger partial charge in [-0.25, -0.2) is 0 Å². The molecular weight excluding hydrogens is 308 g/mol. The highest BCUT2D eigenvalue weighted by Crippen LogP contribution is 2.33. The topological polar surface area (TPSA) is 38.5 Å². The van der Waals surface area contributed by atoms with E-state index in [1.807, 2.05) is 18.2 Å². The van der Waals surface area contributed by atoms with Crippen LogP contribution < -0.4 is 4.74 Å². The lowest BCUT2D eigenvalue weighted by Crippen LogP contribution is -2.41. The van der Waals surface area contributed by atoms with E-state index < -0.39 is 0 Å². The van der Waals surface area contributed by atoms with Gasteiger partial charge in [0.15, 0.2) is 0 Å². The second kappa shape index (κ2) is 6.57. The molecule has 1 saturated heterocycles. The summed E-state index contributed by atoms with van der Waals surface area (Å²) in [5, 5.41) is 4.36. The number of thioether (sulfide) groups is 1. The van der Waals surface area contributed by atoms with Crippen molar-refractivity contribution in [2.45, 2.75) is 31.8 Å². The van der Waals surface area contributed by atoms with E-state index in [9.17, 15) is 0 Å². The Morgan fingerprint density at radius 3 is 3.00 bits per heavy atom. The largest absolute Gasteiger partial charge is 0.497 e. The zero-order valence-corrected chi connectivity index (χ0v) is 14.3. The summed E-state index contributed by atoms with van der Waals surface area (Å²) in [6.07, 6.45) is 3.58. The van der Waals surface area contributed by atoms with Gasteiger partial charge in [-0.15, -0.1) is 0 Å². The number of hydrogen-bond donors (Lipinski definition) is 0. The van der Waals surface area contributed by atoms with Gasteiger partial charge in [-0.1, -0.05) is 17.3 Å². The molecule has 2 aliphatic heterocycles. The molecule has 0 unspecified atom stereocenters. The fourth-order valence-corrected chi connectivity index (χ4v) is 4.67. The third kappa shape index (κ3) is 3.00. The summed E-state index contributed by atoms with van der Waals surface area (Å²) < 4.78 is 11.0. The summed E-state index contributed by atoms with van der Waals surface area (Å²) in [4.78, 5) is 2.63. The zero-order chi connectivity index (χ0) is 15.6. The van der Waals surface area contributed by atoms with Crippen LogP contribution in [0.2, 0.25) is 0 Å². The lowest BCUT2D eigenvalue weighted by atomic mass is 9.98. The van der Waals surface area contributed by atoms with Crippen LogP contribution in [0.4, 0.5) is 0 Å². The lowest BCUT2D eigenvalue weighted by molar-refractivity contribution is 0.160.